The van der Waals surface area contributed by atoms with E-state index < -0.39 is 0 Å². The average Bonchev–Trinajstić information content (AvgIpc) is 3.42. The number of carbonyl (C=O) groups excluding carboxylic acids is 1. The Morgan fingerprint density at radius 2 is 1.82 bits per heavy atom. The highest BCUT2D eigenvalue weighted by molar-refractivity contribution is 5.92. The van der Waals surface area contributed by atoms with Crippen molar-refractivity contribution in [3.63, 3.8) is 0 Å². The number of benzene rings is 1. The first-order valence-electron chi connectivity index (χ1n) is 9.52. The Hall–Kier alpha value is -3.29. The standard InChI is InChI=1S/C20H20N6O2/c27-19-9-8-17(15-6-7-15)22-25(19)13-14-11-24(12-14)20(28)18-10-21-26(23-18)16-4-2-1-3-5-16/h1-5,8-10,14-15H,6-7,11-13H2. The molecule has 0 unspecified atom stereocenters. The minimum Gasteiger partial charge on any atom is -0.336 e. The SMILES string of the molecule is O=C(c1cnn(-c2ccccc2)n1)N1CC(Cn2nc(C3CC3)ccc2=O)C1. The fourth-order valence-corrected chi connectivity index (χ4v) is 3.50. The Morgan fingerprint density at radius 3 is 2.57 bits per heavy atom. The second kappa shape index (κ2) is 6.70. The fraction of sp³-hybridized carbons (Fsp3) is 0.350. The molecule has 0 N–H and O–H groups in total. The summed E-state index contributed by atoms with van der Waals surface area (Å²) in [6.45, 7) is 1.73. The molecule has 0 spiro atoms. The highest BCUT2D eigenvalue weighted by atomic mass is 16.2. The summed E-state index contributed by atoms with van der Waals surface area (Å²) in [5, 5.41) is 13.0. The molecule has 0 bridgehead atoms. The van der Waals surface area contributed by atoms with Gasteiger partial charge < -0.3 is 4.90 Å². The van der Waals surface area contributed by atoms with E-state index in [4.69, 9.17) is 0 Å². The molecule has 2 fully saturated rings. The molecule has 3 heterocycles. The zero-order chi connectivity index (χ0) is 19.1. The molecule has 1 saturated heterocycles. The monoisotopic (exact) mass is 376 g/mol. The van der Waals surface area contributed by atoms with Crippen LogP contribution in [0.15, 0.2) is 53.5 Å². The first kappa shape index (κ1) is 16.9. The molecule has 0 radical (unpaired) electrons. The Kier molecular flexibility index (Phi) is 4.03. The zero-order valence-electron chi connectivity index (χ0n) is 15.3. The molecular formula is C20H20N6O2. The van der Waals surface area contributed by atoms with Gasteiger partial charge >= 0.3 is 0 Å². The predicted molar refractivity (Wildman–Crippen MR) is 101 cm³/mol. The van der Waals surface area contributed by atoms with Crippen molar-refractivity contribution >= 4 is 5.91 Å². The molecule has 1 aliphatic heterocycles. The third-order valence-corrected chi connectivity index (χ3v) is 5.26. The van der Waals surface area contributed by atoms with Crippen LogP contribution in [0.1, 0.15) is 34.9 Å². The van der Waals surface area contributed by atoms with E-state index in [1.165, 1.54) is 11.0 Å². The summed E-state index contributed by atoms with van der Waals surface area (Å²) in [5.74, 6) is 0.608. The summed E-state index contributed by atoms with van der Waals surface area (Å²) in [6, 6.07) is 12.9. The van der Waals surface area contributed by atoms with Gasteiger partial charge in [0, 0.05) is 31.0 Å². The van der Waals surface area contributed by atoms with Crippen molar-refractivity contribution in [3.8, 4) is 5.69 Å². The second-order valence-corrected chi connectivity index (χ2v) is 7.48. The predicted octanol–water partition coefficient (Wildman–Crippen LogP) is 1.47. The molecule has 0 atom stereocenters. The van der Waals surface area contributed by atoms with Gasteiger partial charge in [0.2, 0.25) is 0 Å². The molecule has 8 nitrogen and oxygen atoms in total. The number of aromatic nitrogens is 5. The summed E-state index contributed by atoms with van der Waals surface area (Å²) in [6.07, 6.45) is 3.80. The van der Waals surface area contributed by atoms with Crippen molar-refractivity contribution in [1.29, 1.82) is 0 Å². The van der Waals surface area contributed by atoms with Gasteiger partial charge in [0.05, 0.1) is 24.1 Å². The number of hydrogen-bond donors (Lipinski definition) is 0. The highest BCUT2D eigenvalue weighted by Gasteiger charge is 2.33. The number of carbonyl (C=O) groups is 1. The van der Waals surface area contributed by atoms with Crippen LogP contribution in [-0.4, -0.2) is 48.7 Å². The molecule has 142 valence electrons. The van der Waals surface area contributed by atoms with Gasteiger partial charge in [-0.05, 0) is 31.0 Å². The van der Waals surface area contributed by atoms with Gasteiger partial charge in [-0.2, -0.15) is 15.0 Å². The maximum atomic E-state index is 12.6. The van der Waals surface area contributed by atoms with Crippen LogP contribution in [-0.2, 0) is 6.54 Å². The molecule has 1 amide bonds. The lowest BCUT2D eigenvalue weighted by Crippen LogP contribution is -2.52. The first-order valence-corrected chi connectivity index (χ1v) is 9.52. The highest BCUT2D eigenvalue weighted by Crippen LogP contribution is 2.38. The van der Waals surface area contributed by atoms with Crippen LogP contribution in [0.5, 0.6) is 0 Å². The first-order chi connectivity index (χ1) is 13.7. The zero-order valence-corrected chi connectivity index (χ0v) is 15.3. The third-order valence-electron chi connectivity index (χ3n) is 5.26. The Bertz CT molecular complexity index is 1060. The molecule has 1 aromatic carbocycles. The van der Waals surface area contributed by atoms with Gasteiger partial charge in [-0.15, -0.1) is 5.10 Å². The smallest absolute Gasteiger partial charge is 0.276 e. The minimum absolute atomic E-state index is 0.0834. The minimum atomic E-state index is -0.134. The van der Waals surface area contributed by atoms with Crippen molar-refractivity contribution in [2.75, 3.05) is 13.1 Å². The van der Waals surface area contributed by atoms with E-state index in [-0.39, 0.29) is 17.4 Å². The molecule has 28 heavy (non-hydrogen) atoms. The Balaban J connectivity index is 1.21. The van der Waals surface area contributed by atoms with Crippen LogP contribution in [0.3, 0.4) is 0 Å². The molecule has 1 saturated carbocycles. The van der Waals surface area contributed by atoms with Crippen LogP contribution < -0.4 is 5.56 Å². The third kappa shape index (κ3) is 3.21. The topological polar surface area (TPSA) is 85.9 Å². The number of para-hydroxylation sites is 1. The van der Waals surface area contributed by atoms with Crippen molar-refractivity contribution in [3.05, 3.63) is 70.4 Å². The normalized spacial score (nSPS) is 16.8. The lowest BCUT2D eigenvalue weighted by atomic mass is 10.00. The molecule has 2 aromatic heterocycles. The summed E-state index contributed by atoms with van der Waals surface area (Å²) in [4.78, 5) is 27.9. The molecule has 8 heteroatoms. The van der Waals surface area contributed by atoms with E-state index in [2.05, 4.69) is 15.3 Å². The van der Waals surface area contributed by atoms with E-state index in [0.717, 1.165) is 24.2 Å². The van der Waals surface area contributed by atoms with Gasteiger partial charge in [-0.25, -0.2) is 4.68 Å². The second-order valence-electron chi connectivity index (χ2n) is 7.48. The van der Waals surface area contributed by atoms with E-state index >= 15 is 0 Å². The lowest BCUT2D eigenvalue weighted by molar-refractivity contribution is 0.0451. The van der Waals surface area contributed by atoms with E-state index in [1.54, 1.807) is 15.6 Å². The quantitative estimate of drug-likeness (QED) is 0.673. The largest absolute Gasteiger partial charge is 0.336 e. The number of nitrogens with zero attached hydrogens (tertiary/aromatic N) is 6. The Morgan fingerprint density at radius 1 is 1.04 bits per heavy atom. The van der Waals surface area contributed by atoms with E-state index in [0.29, 0.717) is 31.2 Å². The van der Waals surface area contributed by atoms with Crippen molar-refractivity contribution in [1.82, 2.24) is 29.7 Å². The molecule has 2 aliphatic rings. The molecular weight excluding hydrogens is 356 g/mol. The van der Waals surface area contributed by atoms with Crippen LogP contribution >= 0.6 is 0 Å². The maximum absolute atomic E-state index is 12.6. The molecule has 1 aliphatic carbocycles. The number of amides is 1. The molecule has 3 aromatic rings. The van der Waals surface area contributed by atoms with E-state index in [9.17, 15) is 9.59 Å². The Labute approximate surface area is 161 Å². The van der Waals surface area contributed by atoms with Crippen LogP contribution in [0.2, 0.25) is 0 Å². The molecule has 5 rings (SSSR count). The van der Waals surface area contributed by atoms with Crippen LogP contribution in [0.25, 0.3) is 5.69 Å². The van der Waals surface area contributed by atoms with Crippen molar-refractivity contribution in [2.24, 2.45) is 5.92 Å². The van der Waals surface area contributed by atoms with Crippen molar-refractivity contribution < 1.29 is 4.79 Å². The number of rotatable bonds is 5. The summed E-state index contributed by atoms with van der Waals surface area (Å²) in [5.41, 5.74) is 2.06. The van der Waals surface area contributed by atoms with Crippen LogP contribution in [0.4, 0.5) is 0 Å². The van der Waals surface area contributed by atoms with Gasteiger partial charge in [0.15, 0.2) is 5.69 Å². The average molecular weight is 376 g/mol. The number of likely N-dealkylation sites (tertiary alicyclic amines) is 1. The summed E-state index contributed by atoms with van der Waals surface area (Å²) < 4.78 is 1.55. The van der Waals surface area contributed by atoms with Crippen molar-refractivity contribution in [2.45, 2.75) is 25.3 Å². The van der Waals surface area contributed by atoms with Gasteiger partial charge in [0.1, 0.15) is 0 Å². The van der Waals surface area contributed by atoms with Gasteiger partial charge in [-0.1, -0.05) is 18.2 Å². The maximum Gasteiger partial charge on any atom is 0.276 e. The fourth-order valence-electron chi connectivity index (χ4n) is 3.50. The summed E-state index contributed by atoms with van der Waals surface area (Å²) >= 11 is 0. The summed E-state index contributed by atoms with van der Waals surface area (Å²) in [7, 11) is 0. The van der Waals surface area contributed by atoms with Gasteiger partial charge in [-0.3, -0.25) is 9.59 Å². The van der Waals surface area contributed by atoms with Crippen LogP contribution in [0, 0.1) is 5.92 Å². The lowest BCUT2D eigenvalue weighted by Gasteiger charge is -2.38. The van der Waals surface area contributed by atoms with Gasteiger partial charge in [0.25, 0.3) is 11.5 Å². The number of hydrogen-bond acceptors (Lipinski definition) is 5. The van der Waals surface area contributed by atoms with E-state index in [1.807, 2.05) is 36.4 Å².